The van der Waals surface area contributed by atoms with E-state index in [-0.39, 0.29) is 18.5 Å². The topological polar surface area (TPSA) is 95.4 Å². The molecule has 2 rings (SSSR count). The number of amides is 2. The number of carboxylic acid groups (broad SMARTS) is 1. The number of carbonyl (C=O) groups excluding carboxylic acids is 1. The maximum atomic E-state index is 12.2. The zero-order valence-corrected chi connectivity index (χ0v) is 12.1. The van der Waals surface area contributed by atoms with Gasteiger partial charge in [-0.3, -0.25) is 4.79 Å². The van der Waals surface area contributed by atoms with Gasteiger partial charge in [-0.25, -0.2) is 14.8 Å². The monoisotopic (exact) mass is 292 g/mol. The minimum absolute atomic E-state index is 0.0000349. The average Bonchev–Trinajstić information content (AvgIpc) is 2.45. The summed E-state index contributed by atoms with van der Waals surface area (Å²) in [6, 6.07) is 1.30. The molecule has 2 amide bonds. The first-order chi connectivity index (χ1) is 10.1. The van der Waals surface area contributed by atoms with E-state index in [0.29, 0.717) is 18.9 Å². The summed E-state index contributed by atoms with van der Waals surface area (Å²) in [5.41, 5.74) is 0.739. The van der Waals surface area contributed by atoms with E-state index in [2.05, 4.69) is 15.3 Å². The van der Waals surface area contributed by atoms with Crippen molar-refractivity contribution in [3.05, 3.63) is 23.8 Å². The summed E-state index contributed by atoms with van der Waals surface area (Å²) in [4.78, 5) is 33.0. The van der Waals surface area contributed by atoms with Crippen LogP contribution in [0.4, 0.5) is 4.79 Å². The van der Waals surface area contributed by atoms with Crippen LogP contribution in [-0.2, 0) is 11.3 Å². The number of rotatable bonds is 4. The van der Waals surface area contributed by atoms with Crippen LogP contribution >= 0.6 is 0 Å². The summed E-state index contributed by atoms with van der Waals surface area (Å²) in [5, 5.41) is 11.7. The number of aromatic nitrogens is 2. The predicted molar refractivity (Wildman–Crippen MR) is 75.6 cm³/mol. The highest BCUT2D eigenvalue weighted by Gasteiger charge is 2.28. The molecule has 1 atom stereocenters. The van der Waals surface area contributed by atoms with Crippen molar-refractivity contribution in [3.8, 4) is 0 Å². The van der Waals surface area contributed by atoms with E-state index >= 15 is 0 Å². The van der Waals surface area contributed by atoms with Gasteiger partial charge in [0.1, 0.15) is 5.82 Å². The van der Waals surface area contributed by atoms with Crippen molar-refractivity contribution in [2.45, 2.75) is 45.2 Å². The highest BCUT2D eigenvalue weighted by Crippen LogP contribution is 2.19. The van der Waals surface area contributed by atoms with Crippen LogP contribution in [-0.4, -0.2) is 44.6 Å². The standard InChI is InChI=1S/C14H20N4O3/c1-10-15-6-5-11(17-10)9-16-14(21)18-7-3-2-4-12(18)8-13(19)20/h5-6,12H,2-4,7-9H2,1H3,(H,16,21)(H,19,20). The van der Waals surface area contributed by atoms with Crippen molar-refractivity contribution >= 4 is 12.0 Å². The maximum absolute atomic E-state index is 12.2. The van der Waals surface area contributed by atoms with Crippen LogP contribution in [0.5, 0.6) is 0 Å². The molecule has 1 aromatic heterocycles. The first-order valence-corrected chi connectivity index (χ1v) is 7.11. The number of carboxylic acids is 1. The highest BCUT2D eigenvalue weighted by atomic mass is 16.4. The number of urea groups is 1. The van der Waals surface area contributed by atoms with Crippen molar-refractivity contribution in [3.63, 3.8) is 0 Å². The Morgan fingerprint density at radius 1 is 1.48 bits per heavy atom. The number of likely N-dealkylation sites (tertiary alicyclic amines) is 1. The van der Waals surface area contributed by atoms with E-state index in [1.165, 1.54) is 0 Å². The van der Waals surface area contributed by atoms with Crippen LogP contribution in [0.1, 0.15) is 37.2 Å². The molecule has 0 radical (unpaired) electrons. The number of nitrogens with one attached hydrogen (secondary N) is 1. The molecule has 2 heterocycles. The highest BCUT2D eigenvalue weighted by molar-refractivity contribution is 5.76. The first kappa shape index (κ1) is 15.2. The van der Waals surface area contributed by atoms with Gasteiger partial charge in [0.15, 0.2) is 0 Å². The van der Waals surface area contributed by atoms with E-state index < -0.39 is 5.97 Å². The molecule has 1 saturated heterocycles. The Labute approximate surface area is 123 Å². The lowest BCUT2D eigenvalue weighted by molar-refractivity contribution is -0.138. The van der Waals surface area contributed by atoms with E-state index in [1.807, 2.05) is 0 Å². The quantitative estimate of drug-likeness (QED) is 0.872. The lowest BCUT2D eigenvalue weighted by Crippen LogP contribution is -2.49. The van der Waals surface area contributed by atoms with Crippen LogP contribution in [0.2, 0.25) is 0 Å². The Hall–Kier alpha value is -2.18. The summed E-state index contributed by atoms with van der Waals surface area (Å²) in [5.74, 6) is -0.213. The SMILES string of the molecule is Cc1nccc(CNC(=O)N2CCCCC2CC(=O)O)n1. The van der Waals surface area contributed by atoms with Crippen molar-refractivity contribution in [1.29, 1.82) is 0 Å². The van der Waals surface area contributed by atoms with Gasteiger partial charge in [0.05, 0.1) is 18.7 Å². The molecule has 1 aromatic rings. The Morgan fingerprint density at radius 3 is 3.00 bits per heavy atom. The molecule has 0 spiro atoms. The Bertz CT molecular complexity index is 521. The van der Waals surface area contributed by atoms with Crippen molar-refractivity contribution in [2.75, 3.05) is 6.54 Å². The molecule has 21 heavy (non-hydrogen) atoms. The molecule has 1 unspecified atom stereocenters. The second kappa shape index (κ2) is 7.01. The number of hydrogen-bond acceptors (Lipinski definition) is 4. The van der Waals surface area contributed by atoms with E-state index in [0.717, 1.165) is 25.0 Å². The van der Waals surface area contributed by atoms with Gasteiger partial charge in [-0.1, -0.05) is 0 Å². The van der Waals surface area contributed by atoms with Gasteiger partial charge in [-0.2, -0.15) is 0 Å². The molecule has 7 heteroatoms. The number of carbonyl (C=O) groups is 2. The van der Waals surface area contributed by atoms with Gasteiger partial charge in [0.25, 0.3) is 0 Å². The number of hydrogen-bond donors (Lipinski definition) is 2. The van der Waals surface area contributed by atoms with Crippen molar-refractivity contribution < 1.29 is 14.7 Å². The number of nitrogens with zero attached hydrogens (tertiary/aromatic N) is 3. The summed E-state index contributed by atoms with van der Waals surface area (Å²) in [6.45, 7) is 2.71. The third kappa shape index (κ3) is 4.40. The van der Waals surface area contributed by atoms with Gasteiger partial charge >= 0.3 is 12.0 Å². The fourth-order valence-electron chi connectivity index (χ4n) is 2.55. The Balaban J connectivity index is 1.92. The fraction of sp³-hybridized carbons (Fsp3) is 0.571. The Morgan fingerprint density at radius 2 is 2.29 bits per heavy atom. The number of aryl methyl sites for hydroxylation is 1. The first-order valence-electron chi connectivity index (χ1n) is 7.11. The van der Waals surface area contributed by atoms with Gasteiger partial charge < -0.3 is 15.3 Å². The van der Waals surface area contributed by atoms with Crippen LogP contribution in [0.3, 0.4) is 0 Å². The third-order valence-electron chi connectivity index (χ3n) is 3.55. The smallest absolute Gasteiger partial charge is 0.317 e. The number of piperidine rings is 1. The molecule has 7 nitrogen and oxygen atoms in total. The second-order valence-corrected chi connectivity index (χ2v) is 5.19. The molecule has 0 saturated carbocycles. The molecule has 0 aromatic carbocycles. The Kier molecular flexibility index (Phi) is 5.08. The molecule has 0 bridgehead atoms. The zero-order chi connectivity index (χ0) is 15.2. The van der Waals surface area contributed by atoms with Crippen molar-refractivity contribution in [2.24, 2.45) is 0 Å². The summed E-state index contributed by atoms with van der Waals surface area (Å²) >= 11 is 0. The number of aliphatic carboxylic acids is 1. The van der Waals surface area contributed by atoms with Gasteiger partial charge in [-0.15, -0.1) is 0 Å². The minimum Gasteiger partial charge on any atom is -0.481 e. The molecule has 2 N–H and O–H groups in total. The van der Waals surface area contributed by atoms with Gasteiger partial charge in [0.2, 0.25) is 0 Å². The molecular weight excluding hydrogens is 272 g/mol. The predicted octanol–water partition coefficient (Wildman–Crippen LogP) is 1.32. The molecule has 1 aliphatic heterocycles. The van der Waals surface area contributed by atoms with Crippen LogP contribution in [0, 0.1) is 6.92 Å². The molecule has 0 aliphatic carbocycles. The minimum atomic E-state index is -0.869. The van der Waals surface area contributed by atoms with Crippen molar-refractivity contribution in [1.82, 2.24) is 20.2 Å². The maximum Gasteiger partial charge on any atom is 0.317 e. The lowest BCUT2D eigenvalue weighted by Gasteiger charge is -2.34. The molecular formula is C14H20N4O3. The van der Waals surface area contributed by atoms with Crippen LogP contribution < -0.4 is 5.32 Å². The third-order valence-corrected chi connectivity index (χ3v) is 3.55. The van der Waals surface area contributed by atoms with Crippen LogP contribution in [0.15, 0.2) is 12.3 Å². The fourth-order valence-corrected chi connectivity index (χ4v) is 2.55. The summed E-state index contributed by atoms with van der Waals surface area (Å²) in [7, 11) is 0. The van der Waals surface area contributed by atoms with E-state index in [1.54, 1.807) is 24.1 Å². The van der Waals surface area contributed by atoms with E-state index in [9.17, 15) is 9.59 Å². The molecule has 114 valence electrons. The molecule has 1 fully saturated rings. The summed E-state index contributed by atoms with van der Waals surface area (Å²) < 4.78 is 0. The second-order valence-electron chi connectivity index (χ2n) is 5.19. The van der Waals surface area contributed by atoms with Gasteiger partial charge in [0, 0.05) is 18.8 Å². The zero-order valence-electron chi connectivity index (χ0n) is 12.1. The molecule has 1 aliphatic rings. The van der Waals surface area contributed by atoms with Gasteiger partial charge in [-0.05, 0) is 32.3 Å². The summed E-state index contributed by atoms with van der Waals surface area (Å²) in [6.07, 6.45) is 4.27. The largest absolute Gasteiger partial charge is 0.481 e. The average molecular weight is 292 g/mol. The normalized spacial score (nSPS) is 18.3. The van der Waals surface area contributed by atoms with Crippen LogP contribution in [0.25, 0.3) is 0 Å². The lowest BCUT2D eigenvalue weighted by atomic mass is 10.00. The van der Waals surface area contributed by atoms with E-state index in [4.69, 9.17) is 5.11 Å².